The first kappa shape index (κ1) is 34.2. The van der Waals surface area contributed by atoms with Gasteiger partial charge in [0.25, 0.3) is 5.97 Å². The van der Waals surface area contributed by atoms with Gasteiger partial charge >= 0.3 is 60.8 Å². The van der Waals surface area contributed by atoms with Gasteiger partial charge < -0.3 is 16.1 Å². The Bertz CT molecular complexity index is 37.0. The van der Waals surface area contributed by atoms with Crippen LogP contribution in [-0.2, 0) is 4.79 Å². The van der Waals surface area contributed by atoms with Crippen molar-refractivity contribution in [3.63, 3.8) is 0 Å². The Balaban J connectivity index is -0.00000000750. The fraction of sp³-hybridized carbons (Fsp3) is 0.500. The van der Waals surface area contributed by atoms with E-state index in [1.54, 1.807) is 0 Å². The van der Waals surface area contributed by atoms with Crippen molar-refractivity contribution in [2.45, 2.75) is 6.92 Å². The van der Waals surface area contributed by atoms with Crippen molar-refractivity contribution < 1.29 is 20.9 Å². The Morgan fingerprint density at radius 3 is 1.38 bits per heavy atom. The molecule has 0 aliphatic rings. The summed E-state index contributed by atoms with van der Waals surface area (Å²) in [6, 6.07) is 0. The van der Waals surface area contributed by atoms with Gasteiger partial charge in [-0.05, 0) is 0 Å². The fourth-order valence-corrected chi connectivity index (χ4v) is 0. The van der Waals surface area contributed by atoms with Gasteiger partial charge in [-0.15, -0.1) is 0 Å². The van der Waals surface area contributed by atoms with Crippen molar-refractivity contribution in [2.75, 3.05) is 0 Å². The van der Waals surface area contributed by atoms with Crippen LogP contribution in [0.25, 0.3) is 0 Å². The summed E-state index contributed by atoms with van der Waals surface area (Å²) in [7, 11) is 0. The van der Waals surface area contributed by atoms with E-state index in [0.29, 0.717) is 0 Å². The van der Waals surface area contributed by atoms with E-state index in [1.807, 2.05) is 0 Å². The number of carboxylic acids is 1. The number of aliphatic carboxylic acids is 1. The molecule has 6 heteroatoms. The molecule has 0 aromatic heterocycles. The summed E-state index contributed by atoms with van der Waals surface area (Å²) in [5.41, 5.74) is 0. The third-order valence-electron chi connectivity index (χ3n) is 0. The van der Waals surface area contributed by atoms with Crippen LogP contribution in [-0.4, -0.2) is 82.8 Å². The molecule has 5 N–H and O–H groups in total. The molecule has 0 aliphatic heterocycles. The first-order chi connectivity index (χ1) is 1.73. The molecule has 0 amide bonds. The molecule has 0 fully saturated rings. The number of hydrogen-bond donors (Lipinski definition) is 1. The monoisotopic (exact) mass is 164 g/mol. The van der Waals surface area contributed by atoms with E-state index in [2.05, 4.69) is 0 Å². The maximum absolute atomic E-state index is 9.00. The molecule has 0 aromatic rings. The minimum absolute atomic E-state index is 0. The van der Waals surface area contributed by atoms with Crippen molar-refractivity contribution in [3.05, 3.63) is 0 Å². The number of rotatable bonds is 0. The zero-order valence-corrected chi connectivity index (χ0v) is 3.36. The molecule has 0 aliphatic carbocycles. The largest absolute Gasteiger partial charge is 0.316 e. The van der Waals surface area contributed by atoms with Gasteiger partial charge in [0.05, 0.1) is 0 Å². The van der Waals surface area contributed by atoms with Crippen LogP contribution >= 0.6 is 0 Å². The molecular weight excluding hydrogens is 152 g/mol. The van der Waals surface area contributed by atoms with Crippen LogP contribution in [0.1, 0.15) is 6.92 Å². The Kier molecular flexibility index (Phi) is 101. The normalized spacial score (nSPS) is 3.12. The SMILES string of the molecule is CC(=O)O.O.O.[CaH2].[MgH2]. The van der Waals surface area contributed by atoms with E-state index in [9.17, 15) is 0 Å². The second-order valence-electron chi connectivity index (χ2n) is 0.519. The van der Waals surface area contributed by atoms with Crippen molar-refractivity contribution in [3.8, 4) is 0 Å². The van der Waals surface area contributed by atoms with Crippen LogP contribution in [0.5, 0.6) is 0 Å². The van der Waals surface area contributed by atoms with Gasteiger partial charge in [0.15, 0.2) is 0 Å². The molecule has 0 heterocycles. The van der Waals surface area contributed by atoms with Gasteiger partial charge in [0.1, 0.15) is 0 Å². The zero-order valence-electron chi connectivity index (χ0n) is 3.36. The maximum atomic E-state index is 9.00. The van der Waals surface area contributed by atoms with Gasteiger partial charge in [-0.25, -0.2) is 0 Å². The second-order valence-corrected chi connectivity index (χ2v) is 0.519. The van der Waals surface area contributed by atoms with Crippen LogP contribution in [0.4, 0.5) is 0 Å². The first-order valence-corrected chi connectivity index (χ1v) is 0.928. The fourth-order valence-electron chi connectivity index (χ4n) is 0. The molecule has 0 atom stereocenters. The smallest absolute Gasteiger partial charge is 0.316 e. The van der Waals surface area contributed by atoms with E-state index < -0.39 is 5.97 Å². The topological polar surface area (TPSA) is 100 Å². The average molecular weight is 164 g/mol. The van der Waals surface area contributed by atoms with Crippen LogP contribution in [0.2, 0.25) is 0 Å². The van der Waals surface area contributed by atoms with Gasteiger partial charge in [0.2, 0.25) is 0 Å². The Hall–Kier alpha value is 1.42. The first-order valence-electron chi connectivity index (χ1n) is 0.928. The minimum Gasteiger partial charge on any atom is 0.316 e. The summed E-state index contributed by atoms with van der Waals surface area (Å²) in [5, 5.41) is 7.42. The van der Waals surface area contributed by atoms with Crippen LogP contribution in [0, 0.1) is 0 Å². The quantitative estimate of drug-likeness (QED) is 0.378. The number of carbonyl (C=O) groups is 1. The van der Waals surface area contributed by atoms with Crippen LogP contribution in [0.15, 0.2) is 0 Å². The Labute approximate surface area is 93.4 Å². The van der Waals surface area contributed by atoms with Crippen LogP contribution in [0.3, 0.4) is 0 Å². The maximum Gasteiger partial charge on any atom is 0.316 e. The summed E-state index contributed by atoms with van der Waals surface area (Å²) in [5.74, 6) is -0.833. The molecular formula is C2H12CaMgO4. The van der Waals surface area contributed by atoms with Gasteiger partial charge in [-0.1, -0.05) is 0 Å². The van der Waals surface area contributed by atoms with E-state index >= 15 is 0 Å². The third kappa shape index (κ3) is 152. The molecule has 0 saturated carbocycles. The third-order valence-corrected chi connectivity index (χ3v) is 0. The van der Waals surface area contributed by atoms with Crippen molar-refractivity contribution in [2.24, 2.45) is 0 Å². The predicted molar refractivity (Wildman–Crippen MR) is 37.6 cm³/mol. The molecule has 4 nitrogen and oxygen atoms in total. The number of hydrogen-bond acceptors (Lipinski definition) is 1. The molecule has 0 bridgehead atoms. The van der Waals surface area contributed by atoms with Gasteiger partial charge in [-0.2, -0.15) is 0 Å². The minimum atomic E-state index is -0.833. The summed E-state index contributed by atoms with van der Waals surface area (Å²) in [4.78, 5) is 9.00. The average Bonchev–Trinajstić information content (AvgIpc) is 0.811. The molecule has 8 heavy (non-hydrogen) atoms. The standard InChI is InChI=1S/C2H4O2.Ca.Mg.2H2O.4H/c1-2(3)4;;;;;;;;/h1H3,(H,3,4);;;2*1H2;;;;. The molecule has 0 radical (unpaired) electrons. The summed E-state index contributed by atoms with van der Waals surface area (Å²) in [6.07, 6.45) is 0. The predicted octanol–water partition coefficient (Wildman–Crippen LogP) is -3.39. The molecule has 48 valence electrons. The summed E-state index contributed by atoms with van der Waals surface area (Å²) < 4.78 is 0. The Morgan fingerprint density at radius 1 is 1.38 bits per heavy atom. The van der Waals surface area contributed by atoms with Gasteiger partial charge in [0, 0.05) is 6.92 Å². The second kappa shape index (κ2) is 23.7. The van der Waals surface area contributed by atoms with E-state index in [0.717, 1.165) is 6.92 Å². The van der Waals surface area contributed by atoms with Crippen LogP contribution < -0.4 is 0 Å². The van der Waals surface area contributed by atoms with E-state index in [-0.39, 0.29) is 71.7 Å². The number of carboxylic acid groups (broad SMARTS) is 1. The molecule has 0 rings (SSSR count). The zero-order chi connectivity index (χ0) is 3.58. The van der Waals surface area contributed by atoms with Gasteiger partial charge in [-0.3, -0.25) is 4.79 Å². The van der Waals surface area contributed by atoms with Crippen molar-refractivity contribution >= 4 is 66.8 Å². The molecule has 0 unspecified atom stereocenters. The molecule has 0 aromatic carbocycles. The summed E-state index contributed by atoms with van der Waals surface area (Å²) >= 11 is 0. The van der Waals surface area contributed by atoms with Crippen molar-refractivity contribution in [1.82, 2.24) is 0 Å². The van der Waals surface area contributed by atoms with Crippen molar-refractivity contribution in [1.29, 1.82) is 0 Å². The van der Waals surface area contributed by atoms with E-state index in [1.165, 1.54) is 0 Å². The molecule has 0 saturated heterocycles. The molecule has 0 spiro atoms. The summed E-state index contributed by atoms with van der Waals surface area (Å²) in [6.45, 7) is 1.08. The Morgan fingerprint density at radius 2 is 1.38 bits per heavy atom. The van der Waals surface area contributed by atoms with E-state index in [4.69, 9.17) is 9.90 Å².